The van der Waals surface area contributed by atoms with Gasteiger partial charge in [-0.2, -0.15) is 0 Å². The molecule has 3 unspecified atom stereocenters. The Kier molecular flexibility index (Phi) is 5.10. The Morgan fingerprint density at radius 3 is 2.85 bits per heavy atom. The van der Waals surface area contributed by atoms with Crippen LogP contribution in [0.15, 0.2) is 22.7 Å². The SMILES string of the molecule is COc1ccc(C(O)C2(CN)CCCC(C)C2)cc1Br. The highest BCUT2D eigenvalue weighted by Gasteiger charge is 2.40. The van der Waals surface area contributed by atoms with Gasteiger partial charge in [-0.15, -0.1) is 0 Å². The molecule has 0 heterocycles. The number of halogens is 1. The number of methoxy groups -OCH3 is 1. The number of hydrogen-bond acceptors (Lipinski definition) is 3. The van der Waals surface area contributed by atoms with Gasteiger partial charge < -0.3 is 15.6 Å². The monoisotopic (exact) mass is 341 g/mol. The standard InChI is InChI=1S/C16H24BrNO2/c1-11-4-3-7-16(9-11,10-18)15(19)12-5-6-14(20-2)13(17)8-12/h5-6,8,11,15,19H,3-4,7,9-10,18H2,1-2H3. The Morgan fingerprint density at radius 1 is 1.55 bits per heavy atom. The van der Waals surface area contributed by atoms with E-state index in [9.17, 15) is 5.11 Å². The third-order valence-electron chi connectivity index (χ3n) is 4.60. The van der Waals surface area contributed by atoms with Gasteiger partial charge in [0.2, 0.25) is 0 Å². The van der Waals surface area contributed by atoms with E-state index in [0.29, 0.717) is 12.5 Å². The van der Waals surface area contributed by atoms with Crippen LogP contribution in [0.25, 0.3) is 0 Å². The number of aliphatic hydroxyl groups excluding tert-OH is 1. The van der Waals surface area contributed by atoms with E-state index in [0.717, 1.165) is 35.0 Å². The molecule has 3 atom stereocenters. The molecule has 1 fully saturated rings. The molecule has 1 aliphatic carbocycles. The van der Waals surface area contributed by atoms with Crippen LogP contribution in [-0.2, 0) is 0 Å². The lowest BCUT2D eigenvalue weighted by molar-refractivity contribution is -0.0131. The summed E-state index contributed by atoms with van der Waals surface area (Å²) in [7, 11) is 1.64. The summed E-state index contributed by atoms with van der Waals surface area (Å²) in [5.74, 6) is 1.41. The predicted octanol–water partition coefficient (Wildman–Crippen LogP) is 3.65. The first-order valence-corrected chi connectivity index (χ1v) is 8.03. The summed E-state index contributed by atoms with van der Waals surface area (Å²) < 4.78 is 6.11. The van der Waals surface area contributed by atoms with Gasteiger partial charge in [0.15, 0.2) is 0 Å². The van der Waals surface area contributed by atoms with Crippen LogP contribution in [0.2, 0.25) is 0 Å². The Bertz CT molecular complexity index is 466. The zero-order valence-electron chi connectivity index (χ0n) is 12.2. The average Bonchev–Trinajstić information content (AvgIpc) is 2.46. The molecule has 0 amide bonds. The van der Waals surface area contributed by atoms with Crippen molar-refractivity contribution in [3.8, 4) is 5.75 Å². The fourth-order valence-electron chi connectivity index (χ4n) is 3.45. The first kappa shape index (κ1) is 15.8. The van der Waals surface area contributed by atoms with Crippen molar-refractivity contribution in [1.29, 1.82) is 0 Å². The van der Waals surface area contributed by atoms with Crippen LogP contribution in [0.1, 0.15) is 44.3 Å². The lowest BCUT2D eigenvalue weighted by Gasteiger charge is -2.43. The van der Waals surface area contributed by atoms with Crippen molar-refractivity contribution >= 4 is 15.9 Å². The molecule has 1 aromatic rings. The van der Waals surface area contributed by atoms with E-state index in [-0.39, 0.29) is 5.41 Å². The molecule has 3 nitrogen and oxygen atoms in total. The van der Waals surface area contributed by atoms with Crippen LogP contribution in [0.5, 0.6) is 5.75 Å². The van der Waals surface area contributed by atoms with Crippen molar-refractivity contribution in [1.82, 2.24) is 0 Å². The van der Waals surface area contributed by atoms with E-state index in [1.54, 1.807) is 7.11 Å². The van der Waals surface area contributed by atoms with E-state index < -0.39 is 6.10 Å². The first-order valence-electron chi connectivity index (χ1n) is 7.24. The van der Waals surface area contributed by atoms with Crippen LogP contribution in [0, 0.1) is 11.3 Å². The molecule has 1 saturated carbocycles. The Morgan fingerprint density at radius 2 is 2.30 bits per heavy atom. The van der Waals surface area contributed by atoms with Gasteiger partial charge in [0.25, 0.3) is 0 Å². The number of ether oxygens (including phenoxy) is 1. The second-order valence-electron chi connectivity index (χ2n) is 6.06. The summed E-state index contributed by atoms with van der Waals surface area (Å²) in [6.07, 6.45) is 3.86. The summed E-state index contributed by atoms with van der Waals surface area (Å²) in [5.41, 5.74) is 6.76. The number of rotatable bonds is 4. The molecular weight excluding hydrogens is 318 g/mol. The minimum atomic E-state index is -0.516. The summed E-state index contributed by atoms with van der Waals surface area (Å²) >= 11 is 3.48. The van der Waals surface area contributed by atoms with Gasteiger partial charge >= 0.3 is 0 Å². The lowest BCUT2D eigenvalue weighted by atomic mass is 9.65. The van der Waals surface area contributed by atoms with Gasteiger partial charge in [0.1, 0.15) is 5.75 Å². The number of aliphatic hydroxyl groups is 1. The Hall–Kier alpha value is -0.580. The van der Waals surface area contributed by atoms with E-state index in [1.807, 2.05) is 18.2 Å². The van der Waals surface area contributed by atoms with Gasteiger partial charge in [0.05, 0.1) is 17.7 Å². The molecule has 20 heavy (non-hydrogen) atoms. The van der Waals surface area contributed by atoms with Crippen molar-refractivity contribution < 1.29 is 9.84 Å². The van der Waals surface area contributed by atoms with Crippen LogP contribution in [0.3, 0.4) is 0 Å². The number of benzene rings is 1. The molecule has 0 spiro atoms. The number of hydrogen-bond donors (Lipinski definition) is 2. The highest BCUT2D eigenvalue weighted by atomic mass is 79.9. The average molecular weight is 342 g/mol. The topological polar surface area (TPSA) is 55.5 Å². The van der Waals surface area contributed by atoms with Crippen molar-refractivity contribution in [3.63, 3.8) is 0 Å². The molecule has 1 aromatic carbocycles. The molecule has 0 bridgehead atoms. The summed E-state index contributed by atoms with van der Waals surface area (Å²) in [5, 5.41) is 10.9. The highest BCUT2D eigenvalue weighted by molar-refractivity contribution is 9.10. The Labute approximate surface area is 129 Å². The van der Waals surface area contributed by atoms with E-state index in [1.165, 1.54) is 6.42 Å². The minimum absolute atomic E-state index is 0.189. The number of nitrogens with two attached hydrogens (primary N) is 1. The van der Waals surface area contributed by atoms with Crippen molar-refractivity contribution in [2.24, 2.45) is 17.1 Å². The molecule has 3 N–H and O–H groups in total. The molecule has 2 rings (SSSR count). The van der Waals surface area contributed by atoms with Gasteiger partial charge in [-0.3, -0.25) is 0 Å². The third-order valence-corrected chi connectivity index (χ3v) is 5.22. The molecule has 0 aromatic heterocycles. The summed E-state index contributed by atoms with van der Waals surface area (Å²) in [4.78, 5) is 0. The van der Waals surface area contributed by atoms with E-state index in [2.05, 4.69) is 22.9 Å². The molecule has 0 saturated heterocycles. The van der Waals surface area contributed by atoms with E-state index >= 15 is 0 Å². The highest BCUT2D eigenvalue weighted by Crippen LogP contribution is 2.47. The Balaban J connectivity index is 2.28. The second kappa shape index (κ2) is 6.46. The van der Waals surface area contributed by atoms with Gasteiger partial charge in [-0.1, -0.05) is 25.8 Å². The van der Waals surface area contributed by atoms with Crippen molar-refractivity contribution in [2.45, 2.75) is 38.7 Å². The van der Waals surface area contributed by atoms with Crippen molar-refractivity contribution in [2.75, 3.05) is 13.7 Å². The van der Waals surface area contributed by atoms with Gasteiger partial charge in [-0.25, -0.2) is 0 Å². The van der Waals surface area contributed by atoms with Gasteiger partial charge in [0, 0.05) is 12.0 Å². The van der Waals surface area contributed by atoms with Crippen LogP contribution in [0.4, 0.5) is 0 Å². The molecule has 0 radical (unpaired) electrons. The largest absolute Gasteiger partial charge is 0.496 e. The maximum atomic E-state index is 10.9. The lowest BCUT2D eigenvalue weighted by Crippen LogP contribution is -2.40. The quantitative estimate of drug-likeness (QED) is 0.878. The van der Waals surface area contributed by atoms with Gasteiger partial charge in [-0.05, 0) is 52.4 Å². The third kappa shape index (κ3) is 3.02. The zero-order chi connectivity index (χ0) is 14.8. The van der Waals surface area contributed by atoms with Crippen LogP contribution >= 0.6 is 15.9 Å². The maximum absolute atomic E-state index is 10.9. The fourth-order valence-corrected chi connectivity index (χ4v) is 4.01. The van der Waals surface area contributed by atoms with E-state index in [4.69, 9.17) is 10.5 Å². The molecule has 4 heteroatoms. The molecule has 112 valence electrons. The predicted molar refractivity (Wildman–Crippen MR) is 84.8 cm³/mol. The van der Waals surface area contributed by atoms with Crippen molar-refractivity contribution in [3.05, 3.63) is 28.2 Å². The second-order valence-corrected chi connectivity index (χ2v) is 6.92. The van der Waals surface area contributed by atoms with Crippen LogP contribution in [-0.4, -0.2) is 18.8 Å². The van der Waals surface area contributed by atoms with Crippen LogP contribution < -0.4 is 10.5 Å². The molecule has 1 aliphatic rings. The zero-order valence-corrected chi connectivity index (χ0v) is 13.8. The normalized spacial score (nSPS) is 28.1. The fraction of sp³-hybridized carbons (Fsp3) is 0.625. The first-order chi connectivity index (χ1) is 9.52. The smallest absolute Gasteiger partial charge is 0.133 e. The minimum Gasteiger partial charge on any atom is -0.496 e. The molecule has 0 aliphatic heterocycles. The summed E-state index contributed by atoms with van der Waals surface area (Å²) in [6.45, 7) is 2.78. The maximum Gasteiger partial charge on any atom is 0.133 e. The molecular formula is C16H24BrNO2. The summed E-state index contributed by atoms with van der Waals surface area (Å²) in [6, 6.07) is 5.77.